The molecule has 3 aromatic rings. The van der Waals surface area contributed by atoms with E-state index in [0.717, 1.165) is 36.0 Å². The van der Waals surface area contributed by atoms with Gasteiger partial charge in [0.05, 0.1) is 11.0 Å². The Bertz CT molecular complexity index is 1250. The van der Waals surface area contributed by atoms with Crippen LogP contribution in [0.4, 0.5) is 5.69 Å². The third-order valence-electron chi connectivity index (χ3n) is 6.54. The third kappa shape index (κ3) is 4.33. The minimum atomic E-state index is -0.512. The summed E-state index contributed by atoms with van der Waals surface area (Å²) in [5, 5.41) is 13.2. The maximum absolute atomic E-state index is 13.7. The number of carbonyl (C=O) groups is 2. The fraction of sp³-hybridized carbons (Fsp3) is 0.308. The van der Waals surface area contributed by atoms with Gasteiger partial charge in [0.2, 0.25) is 5.91 Å². The summed E-state index contributed by atoms with van der Waals surface area (Å²) >= 11 is 1.72. The molecule has 1 aromatic heterocycles. The minimum Gasteiger partial charge on any atom is -0.330 e. The summed E-state index contributed by atoms with van der Waals surface area (Å²) < 4.78 is 0. The summed E-state index contributed by atoms with van der Waals surface area (Å²) in [6, 6.07) is 15.9. The Kier molecular flexibility index (Phi) is 5.91. The highest BCUT2D eigenvalue weighted by atomic mass is 32.1. The predicted molar refractivity (Wildman–Crippen MR) is 130 cm³/mol. The maximum Gasteiger partial charge on any atom is 0.270 e. The van der Waals surface area contributed by atoms with Gasteiger partial charge in [-0.25, -0.2) is 0 Å². The van der Waals surface area contributed by atoms with E-state index in [9.17, 15) is 19.7 Å². The molecule has 1 aliphatic carbocycles. The fourth-order valence-electron chi connectivity index (χ4n) is 4.60. The van der Waals surface area contributed by atoms with E-state index in [2.05, 4.69) is 35.7 Å². The number of carbonyl (C=O) groups excluding carboxylic acids is 2. The topological polar surface area (TPSA) is 83.8 Å². The highest BCUT2D eigenvalue weighted by Gasteiger charge is 2.38. The van der Waals surface area contributed by atoms with Gasteiger partial charge in [-0.15, -0.1) is 11.3 Å². The molecule has 2 amide bonds. The molecular weight excluding hydrogens is 450 g/mol. The van der Waals surface area contributed by atoms with Crippen molar-refractivity contribution in [3.05, 3.63) is 97.2 Å². The quantitative estimate of drug-likeness (QED) is 0.381. The van der Waals surface area contributed by atoms with Crippen LogP contribution in [0.15, 0.2) is 60.0 Å². The lowest BCUT2D eigenvalue weighted by atomic mass is 9.92. The number of amides is 2. The molecule has 1 unspecified atom stereocenters. The van der Waals surface area contributed by atoms with Crippen LogP contribution in [0.5, 0.6) is 0 Å². The summed E-state index contributed by atoms with van der Waals surface area (Å²) in [7, 11) is 0. The van der Waals surface area contributed by atoms with Gasteiger partial charge < -0.3 is 9.80 Å². The summed E-state index contributed by atoms with van der Waals surface area (Å²) in [5.41, 5.74) is 3.47. The van der Waals surface area contributed by atoms with Crippen molar-refractivity contribution >= 4 is 28.8 Å². The molecule has 1 fully saturated rings. The molecule has 2 aromatic carbocycles. The Morgan fingerprint density at radius 1 is 1.15 bits per heavy atom. The van der Waals surface area contributed by atoms with E-state index in [0.29, 0.717) is 6.54 Å². The molecule has 5 rings (SSSR count). The van der Waals surface area contributed by atoms with E-state index < -0.39 is 4.92 Å². The molecule has 2 heterocycles. The number of nitro groups is 1. The van der Waals surface area contributed by atoms with Crippen LogP contribution in [0.1, 0.15) is 50.8 Å². The number of rotatable bonds is 6. The molecule has 7 nitrogen and oxygen atoms in total. The van der Waals surface area contributed by atoms with E-state index in [1.54, 1.807) is 22.3 Å². The molecule has 0 spiro atoms. The first-order valence-electron chi connectivity index (χ1n) is 11.4. The first kappa shape index (κ1) is 22.3. The zero-order chi connectivity index (χ0) is 23.8. The summed E-state index contributed by atoms with van der Waals surface area (Å²) in [6.07, 6.45) is 2.47. The number of fused-ring (bicyclic) bond motifs is 1. The van der Waals surface area contributed by atoms with Crippen LogP contribution < -0.4 is 0 Å². The lowest BCUT2D eigenvalue weighted by Gasteiger charge is -2.37. The molecule has 34 heavy (non-hydrogen) atoms. The van der Waals surface area contributed by atoms with Crippen molar-refractivity contribution in [3.63, 3.8) is 0 Å². The number of hydrogen-bond acceptors (Lipinski definition) is 5. The van der Waals surface area contributed by atoms with Gasteiger partial charge in [-0.1, -0.05) is 35.9 Å². The van der Waals surface area contributed by atoms with Crippen molar-refractivity contribution in [2.45, 2.75) is 38.3 Å². The van der Waals surface area contributed by atoms with Gasteiger partial charge in [0, 0.05) is 35.2 Å². The van der Waals surface area contributed by atoms with Crippen molar-refractivity contribution in [3.8, 4) is 0 Å². The van der Waals surface area contributed by atoms with Gasteiger partial charge in [-0.2, -0.15) is 0 Å². The van der Waals surface area contributed by atoms with E-state index >= 15 is 0 Å². The van der Waals surface area contributed by atoms with Crippen LogP contribution in [-0.2, 0) is 11.2 Å². The van der Waals surface area contributed by atoms with Gasteiger partial charge in [0.25, 0.3) is 11.6 Å². The number of nitrogens with zero attached hydrogens (tertiary/aromatic N) is 3. The van der Waals surface area contributed by atoms with Gasteiger partial charge in [0.15, 0.2) is 0 Å². The van der Waals surface area contributed by atoms with E-state index in [1.807, 2.05) is 11.8 Å². The number of hydrogen-bond donors (Lipinski definition) is 0. The normalized spacial score (nSPS) is 17.2. The SMILES string of the molecule is Cc1ccc(C2c3ccsc3CCN2C(=O)CN(C(=O)c2cccc([N+](=O)[O-])c2)C2CC2)cc1. The van der Waals surface area contributed by atoms with E-state index in [4.69, 9.17) is 0 Å². The molecule has 8 heteroatoms. The molecule has 2 aliphatic rings. The van der Waals surface area contributed by atoms with Crippen LogP contribution in [-0.4, -0.2) is 45.7 Å². The molecule has 0 saturated heterocycles. The first-order valence-corrected chi connectivity index (χ1v) is 12.3. The first-order chi connectivity index (χ1) is 16.4. The summed E-state index contributed by atoms with van der Waals surface area (Å²) in [5.74, 6) is -0.437. The Morgan fingerprint density at radius 2 is 1.91 bits per heavy atom. The van der Waals surface area contributed by atoms with Gasteiger partial charge >= 0.3 is 0 Å². The maximum atomic E-state index is 13.7. The molecule has 174 valence electrons. The largest absolute Gasteiger partial charge is 0.330 e. The molecule has 0 radical (unpaired) electrons. The molecule has 0 N–H and O–H groups in total. The second kappa shape index (κ2) is 9.02. The standard InChI is InChI=1S/C26H25N3O4S/c1-17-5-7-18(8-6-17)25-22-12-14-34-23(22)11-13-27(25)24(30)16-28(20-9-10-20)26(31)19-3-2-4-21(15-19)29(32)33/h2-8,12,14-15,20,25H,9-11,13,16H2,1H3. The van der Waals surface area contributed by atoms with Gasteiger partial charge in [-0.05, 0) is 54.8 Å². The lowest BCUT2D eigenvalue weighted by molar-refractivity contribution is -0.384. The second-order valence-electron chi connectivity index (χ2n) is 8.92. The average molecular weight is 476 g/mol. The second-order valence-corrected chi connectivity index (χ2v) is 9.92. The Hall–Kier alpha value is -3.52. The number of non-ortho nitro benzene ring substituents is 1. The minimum absolute atomic E-state index is 0.00460. The van der Waals surface area contributed by atoms with Crippen LogP contribution in [0.3, 0.4) is 0 Å². The molecule has 1 atom stereocenters. The van der Waals surface area contributed by atoms with E-state index in [1.165, 1.54) is 23.1 Å². The lowest BCUT2D eigenvalue weighted by Crippen LogP contribution is -2.47. The van der Waals surface area contributed by atoms with E-state index in [-0.39, 0.29) is 41.7 Å². The van der Waals surface area contributed by atoms with Crippen molar-refractivity contribution in [1.29, 1.82) is 0 Å². The Labute approximate surface area is 201 Å². The van der Waals surface area contributed by atoms with Crippen molar-refractivity contribution in [2.75, 3.05) is 13.1 Å². The summed E-state index contributed by atoms with van der Waals surface area (Å²) in [4.78, 5) is 42.4. The number of thiophene rings is 1. The predicted octanol–water partition coefficient (Wildman–Crippen LogP) is 4.74. The Morgan fingerprint density at radius 3 is 2.62 bits per heavy atom. The molecule has 0 bridgehead atoms. The van der Waals surface area contributed by atoms with Crippen LogP contribution in [0.25, 0.3) is 0 Å². The van der Waals surface area contributed by atoms with Crippen LogP contribution >= 0.6 is 11.3 Å². The highest BCUT2D eigenvalue weighted by Crippen LogP contribution is 2.38. The number of nitro benzene ring substituents is 1. The van der Waals surface area contributed by atoms with Crippen LogP contribution in [0.2, 0.25) is 0 Å². The molecule has 1 aliphatic heterocycles. The van der Waals surface area contributed by atoms with Crippen molar-refractivity contribution in [2.24, 2.45) is 0 Å². The van der Waals surface area contributed by atoms with Crippen LogP contribution in [0, 0.1) is 17.0 Å². The zero-order valence-electron chi connectivity index (χ0n) is 18.8. The molecular formula is C26H25N3O4S. The Balaban J connectivity index is 1.42. The van der Waals surface area contributed by atoms with Crippen molar-refractivity contribution in [1.82, 2.24) is 9.80 Å². The summed E-state index contributed by atoms with van der Waals surface area (Å²) in [6.45, 7) is 2.60. The van der Waals surface area contributed by atoms with Crippen molar-refractivity contribution < 1.29 is 14.5 Å². The van der Waals surface area contributed by atoms with Gasteiger partial charge in [0.1, 0.15) is 6.54 Å². The fourth-order valence-corrected chi connectivity index (χ4v) is 5.50. The number of benzene rings is 2. The van der Waals surface area contributed by atoms with Gasteiger partial charge in [-0.3, -0.25) is 19.7 Å². The third-order valence-corrected chi connectivity index (χ3v) is 7.53. The average Bonchev–Trinajstić information content (AvgIpc) is 3.57. The number of aryl methyl sites for hydroxylation is 1. The molecule has 1 saturated carbocycles. The smallest absolute Gasteiger partial charge is 0.270 e. The monoisotopic (exact) mass is 475 g/mol. The zero-order valence-corrected chi connectivity index (χ0v) is 19.7. The highest BCUT2D eigenvalue weighted by molar-refractivity contribution is 7.10.